The summed E-state index contributed by atoms with van der Waals surface area (Å²) in [6, 6.07) is 3.69. The van der Waals surface area contributed by atoms with Gasteiger partial charge in [-0.15, -0.1) is 0 Å². The minimum atomic E-state index is 0.778. The molecule has 2 nitrogen and oxygen atoms in total. The summed E-state index contributed by atoms with van der Waals surface area (Å²) < 4.78 is 5.02. The molecule has 1 aromatic rings. The quantitative estimate of drug-likeness (QED) is 0.595. The lowest BCUT2D eigenvalue weighted by molar-refractivity contribution is 0.414. The van der Waals surface area contributed by atoms with Gasteiger partial charge in [0.25, 0.3) is 0 Å². The minimum Gasteiger partial charge on any atom is -0.485 e. The Morgan fingerprint density at radius 2 is 2.56 bits per heavy atom. The average Bonchev–Trinajstić information content (AvgIpc) is 1.91. The summed E-state index contributed by atoms with van der Waals surface area (Å²) >= 11 is 0. The minimum absolute atomic E-state index is 0.778. The molecule has 0 spiro atoms. The predicted molar refractivity (Wildman–Crippen MR) is 34.8 cm³/mol. The van der Waals surface area contributed by atoms with Gasteiger partial charge in [-0.05, 0) is 19.1 Å². The van der Waals surface area contributed by atoms with Gasteiger partial charge in [0.2, 0.25) is 0 Å². The maximum atomic E-state index is 5.02. The van der Waals surface area contributed by atoms with Gasteiger partial charge in [-0.1, -0.05) is 0 Å². The van der Waals surface area contributed by atoms with E-state index in [2.05, 4.69) is 4.98 Å². The molecule has 0 saturated carbocycles. The number of rotatable bonds is 2. The number of hydrogen-bond acceptors (Lipinski definition) is 2. The SMILES string of the molecule is C[CH]Oc1cccnc1. The van der Waals surface area contributed by atoms with E-state index in [0.717, 1.165) is 5.75 Å². The highest BCUT2D eigenvalue weighted by atomic mass is 16.5. The van der Waals surface area contributed by atoms with E-state index in [9.17, 15) is 0 Å². The normalized spacial score (nSPS) is 9.00. The molecule has 0 unspecified atom stereocenters. The van der Waals surface area contributed by atoms with Crippen molar-refractivity contribution < 1.29 is 4.74 Å². The molecule has 0 aliphatic rings. The van der Waals surface area contributed by atoms with E-state index in [0.29, 0.717) is 0 Å². The first-order valence-corrected chi connectivity index (χ1v) is 2.78. The Morgan fingerprint density at radius 1 is 1.67 bits per heavy atom. The van der Waals surface area contributed by atoms with Crippen LogP contribution in [0.2, 0.25) is 0 Å². The Kier molecular flexibility index (Phi) is 2.07. The van der Waals surface area contributed by atoms with E-state index in [1.165, 1.54) is 0 Å². The van der Waals surface area contributed by atoms with Crippen molar-refractivity contribution in [1.29, 1.82) is 0 Å². The summed E-state index contributed by atoms with van der Waals surface area (Å²) in [5.41, 5.74) is 0. The number of aromatic nitrogens is 1. The zero-order chi connectivity index (χ0) is 6.53. The van der Waals surface area contributed by atoms with E-state index >= 15 is 0 Å². The maximum Gasteiger partial charge on any atom is 0.138 e. The van der Waals surface area contributed by atoms with Crippen LogP contribution in [0, 0.1) is 6.61 Å². The molecule has 0 bridgehead atoms. The fourth-order valence-corrected chi connectivity index (χ4v) is 0.553. The molecule has 1 radical (unpaired) electrons. The zero-order valence-corrected chi connectivity index (χ0v) is 5.24. The highest BCUT2D eigenvalue weighted by Crippen LogP contribution is 2.05. The van der Waals surface area contributed by atoms with Crippen LogP contribution >= 0.6 is 0 Å². The molecule has 2 heteroatoms. The van der Waals surface area contributed by atoms with Crippen LogP contribution in [0.1, 0.15) is 6.92 Å². The summed E-state index contributed by atoms with van der Waals surface area (Å²) in [5.74, 6) is 0.778. The number of hydrogen-bond donors (Lipinski definition) is 0. The second kappa shape index (κ2) is 3.07. The Balaban J connectivity index is 2.61. The Morgan fingerprint density at radius 3 is 3.11 bits per heavy atom. The Labute approximate surface area is 54.5 Å². The second-order valence-electron chi connectivity index (χ2n) is 1.54. The smallest absolute Gasteiger partial charge is 0.138 e. The zero-order valence-electron chi connectivity index (χ0n) is 5.24. The first kappa shape index (κ1) is 6.08. The predicted octanol–water partition coefficient (Wildman–Crippen LogP) is 1.64. The highest BCUT2D eigenvalue weighted by Gasteiger charge is 1.85. The summed E-state index contributed by atoms with van der Waals surface area (Å²) in [6.45, 7) is 3.45. The third kappa shape index (κ3) is 1.72. The van der Waals surface area contributed by atoms with E-state index in [1.54, 1.807) is 19.0 Å². The molecular formula is C7H8NO. The second-order valence-corrected chi connectivity index (χ2v) is 1.54. The molecule has 1 rings (SSSR count). The highest BCUT2D eigenvalue weighted by molar-refractivity contribution is 5.15. The van der Waals surface area contributed by atoms with E-state index in [-0.39, 0.29) is 0 Å². The summed E-state index contributed by atoms with van der Waals surface area (Å²) in [6.07, 6.45) is 3.38. The molecule has 0 amide bonds. The summed E-state index contributed by atoms with van der Waals surface area (Å²) in [5, 5.41) is 0. The fraction of sp³-hybridized carbons (Fsp3) is 0.143. The van der Waals surface area contributed by atoms with Gasteiger partial charge in [0.1, 0.15) is 12.4 Å². The van der Waals surface area contributed by atoms with Gasteiger partial charge in [0.15, 0.2) is 0 Å². The third-order valence-corrected chi connectivity index (χ3v) is 0.888. The first-order chi connectivity index (χ1) is 4.43. The standard InChI is InChI=1S/C7H8NO/c1-2-9-7-4-3-5-8-6-7/h2-6H,1H3. The Hall–Kier alpha value is -1.05. The maximum absolute atomic E-state index is 5.02. The largest absolute Gasteiger partial charge is 0.485 e. The van der Waals surface area contributed by atoms with Crippen LogP contribution in [0.15, 0.2) is 24.5 Å². The van der Waals surface area contributed by atoms with Crippen molar-refractivity contribution in [2.75, 3.05) is 0 Å². The van der Waals surface area contributed by atoms with Crippen molar-refractivity contribution in [2.45, 2.75) is 6.92 Å². The van der Waals surface area contributed by atoms with Crippen molar-refractivity contribution >= 4 is 0 Å². The lowest BCUT2D eigenvalue weighted by Crippen LogP contribution is -1.84. The summed E-state index contributed by atoms with van der Waals surface area (Å²) in [7, 11) is 0. The molecule has 9 heavy (non-hydrogen) atoms. The molecule has 0 fully saturated rings. The topological polar surface area (TPSA) is 22.1 Å². The molecule has 0 N–H and O–H groups in total. The van der Waals surface area contributed by atoms with Gasteiger partial charge in [-0.25, -0.2) is 0 Å². The molecule has 1 aromatic heterocycles. The average molecular weight is 122 g/mol. The molecule has 0 atom stereocenters. The van der Waals surface area contributed by atoms with Crippen LogP contribution in [0.4, 0.5) is 0 Å². The molecule has 47 valence electrons. The van der Waals surface area contributed by atoms with Gasteiger partial charge in [0.05, 0.1) is 6.20 Å². The van der Waals surface area contributed by atoms with Crippen molar-refractivity contribution in [3.05, 3.63) is 31.1 Å². The van der Waals surface area contributed by atoms with Gasteiger partial charge in [-0.2, -0.15) is 0 Å². The number of nitrogens with zero attached hydrogens (tertiary/aromatic N) is 1. The fourth-order valence-electron chi connectivity index (χ4n) is 0.553. The summed E-state index contributed by atoms with van der Waals surface area (Å²) in [4.78, 5) is 3.86. The van der Waals surface area contributed by atoms with Crippen LogP contribution < -0.4 is 4.74 Å². The van der Waals surface area contributed by atoms with Crippen molar-refractivity contribution in [3.63, 3.8) is 0 Å². The monoisotopic (exact) mass is 122 g/mol. The van der Waals surface area contributed by atoms with Crippen molar-refractivity contribution in [1.82, 2.24) is 4.98 Å². The van der Waals surface area contributed by atoms with Crippen LogP contribution in [0.25, 0.3) is 0 Å². The molecule has 0 aromatic carbocycles. The van der Waals surface area contributed by atoms with Gasteiger partial charge < -0.3 is 4.74 Å². The van der Waals surface area contributed by atoms with Crippen LogP contribution in [0.5, 0.6) is 5.75 Å². The number of pyridine rings is 1. The molecule has 0 saturated heterocycles. The molecule has 1 heterocycles. The third-order valence-electron chi connectivity index (χ3n) is 0.888. The van der Waals surface area contributed by atoms with E-state index < -0.39 is 0 Å². The molecule has 0 aliphatic carbocycles. The lowest BCUT2D eigenvalue weighted by Gasteiger charge is -1.97. The molecule has 0 aliphatic heterocycles. The van der Waals surface area contributed by atoms with Gasteiger partial charge in [0, 0.05) is 6.20 Å². The van der Waals surface area contributed by atoms with E-state index in [4.69, 9.17) is 4.74 Å². The van der Waals surface area contributed by atoms with E-state index in [1.807, 2.05) is 19.1 Å². The number of ether oxygens (including phenoxy) is 1. The van der Waals surface area contributed by atoms with Crippen LogP contribution in [0.3, 0.4) is 0 Å². The van der Waals surface area contributed by atoms with Gasteiger partial charge >= 0.3 is 0 Å². The van der Waals surface area contributed by atoms with Crippen molar-refractivity contribution in [2.24, 2.45) is 0 Å². The Bertz CT molecular complexity index is 162. The first-order valence-electron chi connectivity index (χ1n) is 2.78. The molecular weight excluding hydrogens is 114 g/mol. The lowest BCUT2D eigenvalue weighted by atomic mass is 10.5. The van der Waals surface area contributed by atoms with Crippen LogP contribution in [-0.4, -0.2) is 4.98 Å². The van der Waals surface area contributed by atoms with Gasteiger partial charge in [-0.3, -0.25) is 4.98 Å². The van der Waals surface area contributed by atoms with Crippen LogP contribution in [-0.2, 0) is 0 Å². The van der Waals surface area contributed by atoms with Crippen molar-refractivity contribution in [3.8, 4) is 5.75 Å².